The van der Waals surface area contributed by atoms with Crippen molar-refractivity contribution in [2.45, 2.75) is 32.7 Å². The first-order valence-corrected chi connectivity index (χ1v) is 10.4. The number of aromatic nitrogens is 2. The molecule has 0 bridgehead atoms. The first kappa shape index (κ1) is 20.7. The summed E-state index contributed by atoms with van der Waals surface area (Å²) in [5, 5.41) is 15.1. The third kappa shape index (κ3) is 5.71. The number of rotatable bonds is 8. The van der Waals surface area contributed by atoms with Gasteiger partial charge in [0, 0.05) is 5.56 Å². The Labute approximate surface area is 174 Å². The van der Waals surface area contributed by atoms with Gasteiger partial charge in [-0.15, -0.1) is 10.2 Å². The lowest BCUT2D eigenvalue weighted by atomic mass is 9.98. The van der Waals surface area contributed by atoms with E-state index in [1.807, 2.05) is 74.5 Å². The standard InChI is InChI=1S/C22H24N4O2S/c1-3-15(2)19(23-18(27)14-16-10-6-4-7-11-16)20(28)24-22-26-25-21(29-22)17-12-8-5-9-13-17/h4-13,15,19H,3,14H2,1-2H3,(H,23,27)(H,24,26,28)/t15-,19+/m0/s1. The van der Waals surface area contributed by atoms with Gasteiger partial charge < -0.3 is 5.32 Å². The van der Waals surface area contributed by atoms with E-state index < -0.39 is 6.04 Å². The summed E-state index contributed by atoms with van der Waals surface area (Å²) in [5.41, 5.74) is 1.85. The van der Waals surface area contributed by atoms with Gasteiger partial charge in [0.25, 0.3) is 0 Å². The Balaban J connectivity index is 1.66. The molecule has 0 aliphatic heterocycles. The maximum Gasteiger partial charge on any atom is 0.249 e. The predicted octanol–water partition coefficient (Wildman–Crippen LogP) is 3.92. The highest BCUT2D eigenvalue weighted by Gasteiger charge is 2.27. The van der Waals surface area contributed by atoms with Crippen molar-refractivity contribution in [2.24, 2.45) is 5.92 Å². The van der Waals surface area contributed by atoms with Crippen molar-refractivity contribution in [3.05, 3.63) is 66.2 Å². The summed E-state index contributed by atoms with van der Waals surface area (Å²) in [5.74, 6) is -0.480. The molecule has 2 atom stereocenters. The number of nitrogens with zero attached hydrogens (tertiary/aromatic N) is 2. The molecule has 7 heteroatoms. The predicted molar refractivity (Wildman–Crippen MR) is 116 cm³/mol. The van der Waals surface area contributed by atoms with E-state index in [-0.39, 0.29) is 24.2 Å². The van der Waals surface area contributed by atoms with Gasteiger partial charge in [0.15, 0.2) is 0 Å². The summed E-state index contributed by atoms with van der Waals surface area (Å²) >= 11 is 1.31. The fraction of sp³-hybridized carbons (Fsp3) is 0.273. The van der Waals surface area contributed by atoms with E-state index in [0.29, 0.717) is 5.13 Å². The molecule has 0 fully saturated rings. The Kier molecular flexibility index (Phi) is 7.08. The molecule has 1 aromatic heterocycles. The van der Waals surface area contributed by atoms with E-state index in [1.165, 1.54) is 11.3 Å². The smallest absolute Gasteiger partial charge is 0.249 e. The van der Waals surface area contributed by atoms with Crippen molar-refractivity contribution < 1.29 is 9.59 Å². The number of anilines is 1. The van der Waals surface area contributed by atoms with Crippen molar-refractivity contribution in [3.63, 3.8) is 0 Å². The highest BCUT2D eigenvalue weighted by Crippen LogP contribution is 2.26. The van der Waals surface area contributed by atoms with Gasteiger partial charge in [-0.25, -0.2) is 0 Å². The number of carbonyl (C=O) groups is 2. The van der Waals surface area contributed by atoms with Crippen LogP contribution in [0.3, 0.4) is 0 Å². The van der Waals surface area contributed by atoms with Crippen LogP contribution in [0.25, 0.3) is 10.6 Å². The van der Waals surface area contributed by atoms with Crippen molar-refractivity contribution in [2.75, 3.05) is 5.32 Å². The maximum atomic E-state index is 12.9. The quantitative estimate of drug-likeness (QED) is 0.592. The zero-order chi connectivity index (χ0) is 20.6. The third-order valence-corrected chi connectivity index (χ3v) is 5.58. The number of amides is 2. The fourth-order valence-corrected chi connectivity index (χ4v) is 3.61. The van der Waals surface area contributed by atoms with E-state index in [4.69, 9.17) is 0 Å². The molecule has 0 aliphatic carbocycles. The molecule has 0 radical (unpaired) electrons. The van der Waals surface area contributed by atoms with Crippen LogP contribution in [-0.4, -0.2) is 28.1 Å². The number of hydrogen-bond donors (Lipinski definition) is 2. The number of carbonyl (C=O) groups excluding carboxylic acids is 2. The molecule has 3 rings (SSSR count). The van der Waals surface area contributed by atoms with Gasteiger partial charge in [0.05, 0.1) is 6.42 Å². The molecule has 6 nitrogen and oxygen atoms in total. The average Bonchev–Trinajstić information content (AvgIpc) is 3.21. The molecule has 0 saturated carbocycles. The normalized spacial score (nSPS) is 12.8. The average molecular weight is 409 g/mol. The van der Waals surface area contributed by atoms with Crippen LogP contribution in [0.5, 0.6) is 0 Å². The van der Waals surface area contributed by atoms with Crippen molar-refractivity contribution >= 4 is 28.3 Å². The molecule has 1 heterocycles. The molecule has 29 heavy (non-hydrogen) atoms. The highest BCUT2D eigenvalue weighted by molar-refractivity contribution is 7.18. The topological polar surface area (TPSA) is 84.0 Å². The number of hydrogen-bond acceptors (Lipinski definition) is 5. The van der Waals surface area contributed by atoms with E-state index in [0.717, 1.165) is 22.6 Å². The van der Waals surface area contributed by atoms with Gasteiger partial charge in [-0.3, -0.25) is 14.9 Å². The molecule has 0 spiro atoms. The zero-order valence-electron chi connectivity index (χ0n) is 16.5. The first-order valence-electron chi connectivity index (χ1n) is 9.60. The molecular formula is C22H24N4O2S. The molecule has 0 unspecified atom stereocenters. The molecule has 2 N–H and O–H groups in total. The lowest BCUT2D eigenvalue weighted by Crippen LogP contribution is -2.48. The molecule has 150 valence electrons. The Morgan fingerprint density at radius 2 is 1.66 bits per heavy atom. The highest BCUT2D eigenvalue weighted by atomic mass is 32.1. The molecule has 0 aliphatic rings. The van der Waals surface area contributed by atoms with Gasteiger partial charge in [0.1, 0.15) is 11.0 Å². The summed E-state index contributed by atoms with van der Waals surface area (Å²) in [6, 6.07) is 18.5. The van der Waals surface area contributed by atoms with Gasteiger partial charge in [-0.05, 0) is 11.5 Å². The van der Waals surface area contributed by atoms with Crippen LogP contribution >= 0.6 is 11.3 Å². The van der Waals surface area contributed by atoms with Gasteiger partial charge in [-0.1, -0.05) is 92.3 Å². The Morgan fingerprint density at radius 1 is 1.00 bits per heavy atom. The second-order valence-electron chi connectivity index (χ2n) is 6.86. The van der Waals surface area contributed by atoms with Gasteiger partial charge in [-0.2, -0.15) is 0 Å². The largest absolute Gasteiger partial charge is 0.344 e. The fourth-order valence-electron chi connectivity index (χ4n) is 2.86. The van der Waals surface area contributed by atoms with E-state index in [2.05, 4.69) is 20.8 Å². The van der Waals surface area contributed by atoms with Crippen LogP contribution in [0.4, 0.5) is 5.13 Å². The van der Waals surface area contributed by atoms with Crippen LogP contribution in [0.1, 0.15) is 25.8 Å². The van der Waals surface area contributed by atoms with Crippen LogP contribution in [-0.2, 0) is 16.0 Å². The van der Waals surface area contributed by atoms with Crippen molar-refractivity contribution in [3.8, 4) is 10.6 Å². The van der Waals surface area contributed by atoms with E-state index in [9.17, 15) is 9.59 Å². The minimum absolute atomic E-state index is 0.0174. The monoisotopic (exact) mass is 408 g/mol. The zero-order valence-corrected chi connectivity index (χ0v) is 17.3. The minimum Gasteiger partial charge on any atom is -0.344 e. The minimum atomic E-state index is -0.639. The van der Waals surface area contributed by atoms with Crippen LogP contribution in [0.2, 0.25) is 0 Å². The summed E-state index contributed by atoms with van der Waals surface area (Å²) in [6.45, 7) is 3.94. The molecule has 0 saturated heterocycles. The van der Waals surface area contributed by atoms with Crippen molar-refractivity contribution in [1.29, 1.82) is 0 Å². The number of nitrogens with one attached hydrogen (secondary N) is 2. The first-order chi connectivity index (χ1) is 14.1. The lowest BCUT2D eigenvalue weighted by Gasteiger charge is -2.23. The van der Waals surface area contributed by atoms with Gasteiger partial charge >= 0.3 is 0 Å². The molecule has 2 aromatic carbocycles. The van der Waals surface area contributed by atoms with Crippen molar-refractivity contribution in [1.82, 2.24) is 15.5 Å². The molecule has 2 amide bonds. The molecule has 3 aromatic rings. The second-order valence-corrected chi connectivity index (χ2v) is 7.84. The van der Waals surface area contributed by atoms with E-state index in [1.54, 1.807) is 0 Å². The van der Waals surface area contributed by atoms with Crippen LogP contribution in [0.15, 0.2) is 60.7 Å². The summed E-state index contributed by atoms with van der Waals surface area (Å²) in [7, 11) is 0. The third-order valence-electron chi connectivity index (χ3n) is 4.70. The van der Waals surface area contributed by atoms with Crippen LogP contribution in [0, 0.1) is 5.92 Å². The van der Waals surface area contributed by atoms with E-state index >= 15 is 0 Å². The second kappa shape index (κ2) is 9.93. The summed E-state index contributed by atoms with van der Waals surface area (Å²) in [6.07, 6.45) is 0.993. The SMILES string of the molecule is CC[C@H](C)[C@@H](NC(=O)Cc1ccccc1)C(=O)Nc1nnc(-c2ccccc2)s1. The van der Waals surface area contributed by atoms with Gasteiger partial charge in [0.2, 0.25) is 16.9 Å². The number of benzene rings is 2. The summed E-state index contributed by atoms with van der Waals surface area (Å²) in [4.78, 5) is 25.3. The maximum absolute atomic E-state index is 12.9. The molecular weight excluding hydrogens is 384 g/mol. The Hall–Kier alpha value is -3.06. The Morgan fingerprint density at radius 3 is 2.31 bits per heavy atom. The summed E-state index contributed by atoms with van der Waals surface area (Å²) < 4.78 is 0. The lowest BCUT2D eigenvalue weighted by molar-refractivity contribution is -0.127. The Bertz CT molecular complexity index is 944. The van der Waals surface area contributed by atoms with Crippen LogP contribution < -0.4 is 10.6 Å².